The molecule has 1 atom stereocenters. The fourth-order valence-electron chi connectivity index (χ4n) is 1.79. The summed E-state index contributed by atoms with van der Waals surface area (Å²) in [5.74, 6) is 1.09. The van der Waals surface area contributed by atoms with Crippen LogP contribution in [0.25, 0.3) is 0 Å². The highest BCUT2D eigenvalue weighted by Crippen LogP contribution is 2.29. The van der Waals surface area contributed by atoms with Crippen molar-refractivity contribution in [3.63, 3.8) is 0 Å². The molecule has 0 fully saturated rings. The lowest BCUT2D eigenvalue weighted by molar-refractivity contribution is 0.101. The zero-order valence-electron chi connectivity index (χ0n) is 8.51. The summed E-state index contributed by atoms with van der Waals surface area (Å²) in [6, 6.07) is 0. The van der Waals surface area contributed by atoms with E-state index in [1.807, 2.05) is 12.2 Å². The number of rotatable bonds is 2. The van der Waals surface area contributed by atoms with Gasteiger partial charge in [-0.3, -0.25) is 0 Å². The van der Waals surface area contributed by atoms with E-state index < -0.39 is 0 Å². The van der Waals surface area contributed by atoms with Gasteiger partial charge in [-0.15, -0.1) is 0 Å². The van der Waals surface area contributed by atoms with Crippen LogP contribution in [0.15, 0.2) is 32.6 Å². The lowest BCUT2D eigenvalue weighted by Crippen LogP contribution is -2.15. The minimum Gasteiger partial charge on any atom is -0.494 e. The molecule has 2 aliphatic carbocycles. The van der Waals surface area contributed by atoms with Crippen LogP contribution >= 0.6 is 34.2 Å². The molecule has 2 rings (SSSR count). The summed E-state index contributed by atoms with van der Waals surface area (Å²) in [4.78, 5) is 0. The van der Waals surface area contributed by atoms with E-state index in [1.54, 1.807) is 0 Å². The molecule has 0 radical (unpaired) electrons. The zero-order chi connectivity index (χ0) is 10.7. The van der Waals surface area contributed by atoms with Crippen molar-refractivity contribution in [1.29, 1.82) is 0 Å². The number of hydrogen-bond acceptors (Lipinski definition) is 1. The lowest BCUT2D eigenvalue weighted by atomic mass is 10.0. The van der Waals surface area contributed by atoms with Crippen LogP contribution in [0.5, 0.6) is 0 Å². The first kappa shape index (κ1) is 11.5. The van der Waals surface area contributed by atoms with Crippen LogP contribution in [0.4, 0.5) is 0 Å². The molecule has 0 amide bonds. The molecule has 1 nitrogen and oxygen atoms in total. The average Bonchev–Trinajstić information content (AvgIpc) is 2.25. The second-order valence-electron chi connectivity index (χ2n) is 3.91. The van der Waals surface area contributed by atoms with Crippen LogP contribution in [0.2, 0.25) is 0 Å². The number of hydrogen-bond donors (Lipinski definition) is 0. The van der Waals surface area contributed by atoms with Crippen LogP contribution in [-0.2, 0) is 4.74 Å². The maximum atomic E-state index is 5.94. The summed E-state index contributed by atoms with van der Waals surface area (Å²) in [7, 11) is 0. The van der Waals surface area contributed by atoms with Crippen LogP contribution in [0.3, 0.4) is 0 Å². The van der Waals surface area contributed by atoms with Crippen molar-refractivity contribution in [2.45, 2.75) is 38.2 Å². The molecule has 0 spiro atoms. The van der Waals surface area contributed by atoms with Crippen molar-refractivity contribution >= 4 is 34.2 Å². The van der Waals surface area contributed by atoms with E-state index in [1.165, 1.54) is 3.58 Å². The van der Waals surface area contributed by atoms with Crippen LogP contribution in [0.1, 0.15) is 32.1 Å². The third-order valence-electron chi connectivity index (χ3n) is 2.69. The van der Waals surface area contributed by atoms with Gasteiger partial charge in [-0.2, -0.15) is 0 Å². The van der Waals surface area contributed by atoms with Gasteiger partial charge >= 0.3 is 0 Å². The SMILES string of the molecule is ClC1=CC=C(OC2CC=C(I)CC2)CC1. The van der Waals surface area contributed by atoms with E-state index >= 15 is 0 Å². The minimum absolute atomic E-state index is 0.375. The van der Waals surface area contributed by atoms with Crippen LogP contribution in [0, 0.1) is 0 Å². The van der Waals surface area contributed by atoms with Crippen molar-refractivity contribution in [3.05, 3.63) is 32.6 Å². The molecule has 0 aromatic rings. The molecule has 15 heavy (non-hydrogen) atoms. The van der Waals surface area contributed by atoms with Gasteiger partial charge < -0.3 is 4.74 Å². The molecule has 0 N–H and O–H groups in total. The molecule has 0 saturated carbocycles. The molecule has 0 bridgehead atoms. The Morgan fingerprint density at radius 2 is 2.13 bits per heavy atom. The van der Waals surface area contributed by atoms with E-state index in [-0.39, 0.29) is 0 Å². The van der Waals surface area contributed by atoms with Gasteiger partial charge in [-0.1, -0.05) is 17.7 Å². The van der Waals surface area contributed by atoms with Crippen LogP contribution < -0.4 is 0 Å². The molecule has 1 unspecified atom stereocenters. The number of ether oxygens (including phenoxy) is 1. The van der Waals surface area contributed by atoms with Crippen molar-refractivity contribution in [3.8, 4) is 0 Å². The molecule has 0 heterocycles. The fourth-order valence-corrected chi connectivity index (χ4v) is 2.51. The Bertz CT molecular complexity index is 331. The van der Waals surface area contributed by atoms with Gasteiger partial charge in [0.05, 0.1) is 5.76 Å². The van der Waals surface area contributed by atoms with Crippen molar-refractivity contribution in [2.24, 2.45) is 0 Å². The highest BCUT2D eigenvalue weighted by molar-refractivity contribution is 14.1. The van der Waals surface area contributed by atoms with Crippen LogP contribution in [-0.4, -0.2) is 6.10 Å². The Labute approximate surface area is 109 Å². The first-order valence-electron chi connectivity index (χ1n) is 5.30. The standard InChI is InChI=1S/C12H14ClIO/c13-9-1-5-11(6-2-9)15-12-7-3-10(14)4-8-12/h1,3,5,12H,2,4,6-8H2. The summed E-state index contributed by atoms with van der Waals surface area (Å²) >= 11 is 8.30. The molecule has 0 aromatic heterocycles. The quantitative estimate of drug-likeness (QED) is 0.666. The molecular weight excluding hydrogens is 322 g/mol. The Hall–Kier alpha value is 0.0400. The van der Waals surface area contributed by atoms with E-state index in [0.29, 0.717) is 6.10 Å². The summed E-state index contributed by atoms with van der Waals surface area (Å²) in [6.45, 7) is 0. The topological polar surface area (TPSA) is 9.23 Å². The predicted molar refractivity (Wildman–Crippen MR) is 72.1 cm³/mol. The Morgan fingerprint density at radius 1 is 1.27 bits per heavy atom. The van der Waals surface area contributed by atoms with Gasteiger partial charge in [0, 0.05) is 17.9 Å². The zero-order valence-corrected chi connectivity index (χ0v) is 11.4. The van der Waals surface area contributed by atoms with Gasteiger partial charge in [-0.25, -0.2) is 0 Å². The molecule has 0 saturated heterocycles. The first-order valence-corrected chi connectivity index (χ1v) is 6.76. The largest absolute Gasteiger partial charge is 0.494 e. The third-order valence-corrected chi connectivity index (χ3v) is 3.98. The smallest absolute Gasteiger partial charge is 0.102 e. The number of allylic oxidation sites excluding steroid dienone is 5. The molecule has 82 valence electrons. The Kier molecular flexibility index (Phi) is 4.14. The second-order valence-corrected chi connectivity index (χ2v) is 5.78. The van der Waals surface area contributed by atoms with Crippen molar-refractivity contribution in [2.75, 3.05) is 0 Å². The Morgan fingerprint density at radius 3 is 2.73 bits per heavy atom. The fraction of sp³-hybridized carbons (Fsp3) is 0.500. The second kappa shape index (κ2) is 5.39. The molecular formula is C12H14ClIO. The van der Waals surface area contributed by atoms with Gasteiger partial charge in [-0.05, 0) is 57.6 Å². The minimum atomic E-state index is 0.375. The van der Waals surface area contributed by atoms with Crippen molar-refractivity contribution in [1.82, 2.24) is 0 Å². The molecule has 2 aliphatic rings. The lowest BCUT2D eigenvalue weighted by Gasteiger charge is -2.24. The summed E-state index contributed by atoms with van der Waals surface area (Å²) in [5.41, 5.74) is 0. The van der Waals surface area contributed by atoms with Gasteiger partial charge in [0.2, 0.25) is 0 Å². The maximum Gasteiger partial charge on any atom is 0.102 e. The van der Waals surface area contributed by atoms with E-state index in [4.69, 9.17) is 16.3 Å². The predicted octanol–water partition coefficient (Wildman–Crippen LogP) is 4.67. The first-order chi connectivity index (χ1) is 7.24. The molecule has 0 aliphatic heterocycles. The summed E-state index contributed by atoms with van der Waals surface area (Å²) in [5, 5.41) is 0.931. The van der Waals surface area contributed by atoms with Gasteiger partial charge in [0.15, 0.2) is 0 Å². The summed E-state index contributed by atoms with van der Waals surface area (Å²) in [6.07, 6.45) is 11.8. The highest BCUT2D eigenvalue weighted by Gasteiger charge is 2.16. The summed E-state index contributed by atoms with van der Waals surface area (Å²) < 4.78 is 7.40. The van der Waals surface area contributed by atoms with E-state index in [9.17, 15) is 0 Å². The van der Waals surface area contributed by atoms with E-state index in [2.05, 4.69) is 28.7 Å². The molecule has 3 heteroatoms. The monoisotopic (exact) mass is 336 g/mol. The Balaban J connectivity index is 1.88. The third kappa shape index (κ3) is 3.52. The highest BCUT2D eigenvalue weighted by atomic mass is 127. The van der Waals surface area contributed by atoms with Gasteiger partial charge in [0.25, 0.3) is 0 Å². The van der Waals surface area contributed by atoms with Crippen molar-refractivity contribution < 1.29 is 4.74 Å². The van der Waals surface area contributed by atoms with Gasteiger partial charge in [0.1, 0.15) is 6.10 Å². The normalized spacial score (nSPS) is 26.5. The van der Waals surface area contributed by atoms with E-state index in [0.717, 1.165) is 42.9 Å². The number of halogens is 2. The maximum absolute atomic E-state index is 5.94. The molecule has 0 aromatic carbocycles. The average molecular weight is 337 g/mol.